The molecule has 33 heavy (non-hydrogen) atoms. The molecule has 0 spiro atoms. The number of nitrogens with one attached hydrogen (secondary N) is 2. The van der Waals surface area contributed by atoms with Crippen LogP contribution in [0.15, 0.2) is 29.2 Å². The zero-order chi connectivity index (χ0) is 23.8. The molecule has 10 heteroatoms. The molecule has 0 saturated carbocycles. The van der Waals surface area contributed by atoms with Crippen LogP contribution in [0.3, 0.4) is 0 Å². The van der Waals surface area contributed by atoms with Gasteiger partial charge in [-0.25, -0.2) is 18.4 Å². The molecule has 0 aliphatic carbocycles. The summed E-state index contributed by atoms with van der Waals surface area (Å²) in [7, 11) is -1.16. The lowest BCUT2D eigenvalue weighted by atomic mass is 9.82. The molecule has 2 aliphatic heterocycles. The van der Waals surface area contributed by atoms with Crippen molar-refractivity contribution in [2.75, 3.05) is 23.9 Å². The molecule has 2 aromatic rings. The Morgan fingerprint density at radius 2 is 1.88 bits per heavy atom. The maximum Gasteiger partial charge on any atom is 0.271 e. The molecule has 2 unspecified atom stereocenters. The quantitative estimate of drug-likeness (QED) is 0.561. The smallest absolute Gasteiger partial charge is 0.271 e. The number of primary amides is 1. The maximum atomic E-state index is 12.1. The van der Waals surface area contributed by atoms with Crippen molar-refractivity contribution in [2.45, 2.75) is 68.5 Å². The van der Waals surface area contributed by atoms with Gasteiger partial charge in [0.1, 0.15) is 0 Å². The van der Waals surface area contributed by atoms with Crippen LogP contribution in [0, 0.1) is 0 Å². The highest BCUT2D eigenvalue weighted by atomic mass is 32.2. The summed E-state index contributed by atoms with van der Waals surface area (Å²) in [4.78, 5) is 24.0. The average molecular weight is 473 g/mol. The Hall–Kier alpha value is -2.72. The van der Waals surface area contributed by atoms with E-state index in [0.29, 0.717) is 35.7 Å². The molecule has 0 radical (unpaired) electrons. The number of nitrogens with two attached hydrogens (primary N) is 1. The largest absolute Gasteiger partial charge is 0.366 e. The van der Waals surface area contributed by atoms with Gasteiger partial charge in [-0.3, -0.25) is 4.79 Å². The minimum Gasteiger partial charge on any atom is -0.366 e. The third-order valence-corrected chi connectivity index (χ3v) is 7.85. The highest BCUT2D eigenvalue weighted by molar-refractivity contribution is 7.90. The molecule has 3 heterocycles. The lowest BCUT2D eigenvalue weighted by Crippen LogP contribution is -2.52. The van der Waals surface area contributed by atoms with Gasteiger partial charge in [-0.2, -0.15) is 0 Å². The van der Waals surface area contributed by atoms with Crippen molar-refractivity contribution in [3.05, 3.63) is 35.7 Å². The van der Waals surface area contributed by atoms with Gasteiger partial charge in [0.2, 0.25) is 0 Å². The van der Waals surface area contributed by atoms with E-state index in [-0.39, 0.29) is 22.4 Å². The number of carbonyl (C=O) groups is 1. The zero-order valence-corrected chi connectivity index (χ0v) is 20.2. The lowest BCUT2D eigenvalue weighted by Gasteiger charge is -2.47. The first-order valence-electron chi connectivity index (χ1n) is 11.4. The SMILES string of the molecule is CCc1nc(C(N)=O)c(Nc2cccc(S(C)(=O)=O)c2)nc1NC1CC2CCC[C@H](C1)N2C. The number of nitrogens with zero attached hydrogens (tertiary/aromatic N) is 3. The van der Waals surface area contributed by atoms with E-state index in [4.69, 9.17) is 10.7 Å². The second kappa shape index (κ2) is 9.26. The van der Waals surface area contributed by atoms with Gasteiger partial charge in [0.05, 0.1) is 10.6 Å². The topological polar surface area (TPSA) is 130 Å². The first-order chi connectivity index (χ1) is 15.7. The fourth-order valence-corrected chi connectivity index (χ4v) is 5.63. The molecule has 178 valence electrons. The predicted octanol–water partition coefficient (Wildman–Crippen LogP) is 2.71. The van der Waals surface area contributed by atoms with E-state index in [1.54, 1.807) is 12.1 Å². The van der Waals surface area contributed by atoms with Gasteiger partial charge in [0, 0.05) is 30.1 Å². The van der Waals surface area contributed by atoms with Gasteiger partial charge in [-0.05, 0) is 57.4 Å². The van der Waals surface area contributed by atoms with Crippen LogP contribution in [0.2, 0.25) is 0 Å². The Labute approximate surface area is 195 Å². The summed E-state index contributed by atoms with van der Waals surface area (Å²) < 4.78 is 23.9. The number of anilines is 3. The number of aromatic nitrogens is 2. The van der Waals surface area contributed by atoms with Gasteiger partial charge >= 0.3 is 0 Å². The van der Waals surface area contributed by atoms with E-state index < -0.39 is 15.7 Å². The van der Waals surface area contributed by atoms with Crippen molar-refractivity contribution < 1.29 is 13.2 Å². The first-order valence-corrected chi connectivity index (χ1v) is 13.3. The predicted molar refractivity (Wildman–Crippen MR) is 129 cm³/mol. The van der Waals surface area contributed by atoms with E-state index in [1.165, 1.54) is 31.4 Å². The summed E-state index contributed by atoms with van der Waals surface area (Å²) in [6.45, 7) is 1.96. The molecule has 4 N–H and O–H groups in total. The summed E-state index contributed by atoms with van der Waals surface area (Å²) >= 11 is 0. The number of piperidine rings is 2. The minimum atomic E-state index is -3.38. The number of hydrogen-bond acceptors (Lipinski definition) is 8. The summed E-state index contributed by atoms with van der Waals surface area (Å²) in [5.41, 5.74) is 6.80. The zero-order valence-electron chi connectivity index (χ0n) is 19.3. The van der Waals surface area contributed by atoms with Crippen LogP contribution in [-0.4, -0.2) is 60.6 Å². The number of aryl methyl sites for hydroxylation is 1. The number of fused-ring (bicyclic) bond motifs is 2. The fourth-order valence-electron chi connectivity index (χ4n) is 4.96. The molecule has 2 aliphatic rings. The Morgan fingerprint density at radius 1 is 1.18 bits per heavy atom. The number of hydrogen-bond donors (Lipinski definition) is 3. The van der Waals surface area contributed by atoms with E-state index in [0.717, 1.165) is 19.1 Å². The van der Waals surface area contributed by atoms with Crippen LogP contribution in [0.25, 0.3) is 0 Å². The number of amides is 1. The van der Waals surface area contributed by atoms with Gasteiger partial charge in [-0.1, -0.05) is 19.4 Å². The van der Waals surface area contributed by atoms with Crippen molar-refractivity contribution in [2.24, 2.45) is 5.73 Å². The molecule has 3 atom stereocenters. The third kappa shape index (κ3) is 5.11. The highest BCUT2D eigenvalue weighted by Crippen LogP contribution is 2.34. The molecule has 1 aromatic heterocycles. The number of rotatable bonds is 7. The van der Waals surface area contributed by atoms with Crippen LogP contribution in [0.1, 0.15) is 55.2 Å². The molecule has 2 fully saturated rings. The lowest BCUT2D eigenvalue weighted by molar-refractivity contribution is 0.0607. The average Bonchev–Trinajstić information content (AvgIpc) is 2.74. The molecule has 2 saturated heterocycles. The Kier molecular flexibility index (Phi) is 6.58. The van der Waals surface area contributed by atoms with E-state index in [1.807, 2.05) is 6.92 Å². The summed E-state index contributed by atoms with van der Waals surface area (Å²) in [6.07, 6.45) is 7.52. The van der Waals surface area contributed by atoms with Crippen molar-refractivity contribution in [3.63, 3.8) is 0 Å². The molecular weight excluding hydrogens is 440 g/mol. The monoisotopic (exact) mass is 472 g/mol. The maximum absolute atomic E-state index is 12.1. The second-order valence-electron chi connectivity index (χ2n) is 9.08. The molecular formula is C23H32N6O3S. The van der Waals surface area contributed by atoms with Crippen molar-refractivity contribution in [1.29, 1.82) is 0 Å². The standard InChI is InChI=1S/C23H32N6O3S/c1-4-19-22(26-15-11-16-8-6-9-17(12-15)29(16)2)28-23(20(27-19)21(24)30)25-14-7-5-10-18(13-14)33(3,31)32/h5,7,10,13,15-17H,4,6,8-9,11-12H2,1-3H3,(H2,24,30)(H2,25,26,28)/t15?,16-,17?/m1/s1. The Bertz CT molecular complexity index is 1140. The molecule has 2 bridgehead atoms. The van der Waals surface area contributed by atoms with Crippen LogP contribution in [0.4, 0.5) is 17.3 Å². The van der Waals surface area contributed by atoms with Gasteiger partial charge in [-0.15, -0.1) is 0 Å². The van der Waals surface area contributed by atoms with Crippen molar-refractivity contribution in [1.82, 2.24) is 14.9 Å². The fraction of sp³-hybridized carbons (Fsp3) is 0.522. The first kappa shape index (κ1) is 23.4. The summed E-state index contributed by atoms with van der Waals surface area (Å²) in [5, 5.41) is 6.64. The van der Waals surface area contributed by atoms with Crippen LogP contribution in [-0.2, 0) is 16.3 Å². The van der Waals surface area contributed by atoms with Gasteiger partial charge in [0.25, 0.3) is 5.91 Å². The van der Waals surface area contributed by atoms with Crippen LogP contribution in [0.5, 0.6) is 0 Å². The Morgan fingerprint density at radius 3 is 2.48 bits per heavy atom. The number of sulfone groups is 1. The summed E-state index contributed by atoms with van der Waals surface area (Å²) in [6, 6.07) is 7.76. The molecule has 4 rings (SSSR count). The molecule has 9 nitrogen and oxygen atoms in total. The van der Waals surface area contributed by atoms with E-state index in [9.17, 15) is 13.2 Å². The van der Waals surface area contributed by atoms with E-state index >= 15 is 0 Å². The number of carbonyl (C=O) groups excluding carboxylic acids is 1. The minimum absolute atomic E-state index is 0.0300. The Balaban J connectivity index is 1.65. The van der Waals surface area contributed by atoms with Crippen LogP contribution < -0.4 is 16.4 Å². The van der Waals surface area contributed by atoms with Gasteiger partial charge < -0.3 is 21.3 Å². The second-order valence-corrected chi connectivity index (χ2v) is 11.1. The number of benzene rings is 1. The highest BCUT2D eigenvalue weighted by Gasteiger charge is 2.36. The van der Waals surface area contributed by atoms with Crippen molar-refractivity contribution in [3.8, 4) is 0 Å². The van der Waals surface area contributed by atoms with Gasteiger partial charge in [0.15, 0.2) is 27.2 Å². The summed E-state index contributed by atoms with van der Waals surface area (Å²) in [5.74, 6) is 0.150. The molecule has 1 aromatic carbocycles. The molecule has 1 amide bonds. The third-order valence-electron chi connectivity index (χ3n) is 6.74. The van der Waals surface area contributed by atoms with E-state index in [2.05, 4.69) is 27.6 Å². The normalized spacial score (nSPS) is 23.2. The van der Waals surface area contributed by atoms with Crippen molar-refractivity contribution >= 4 is 33.1 Å². The van der Waals surface area contributed by atoms with Crippen LogP contribution >= 0.6 is 0 Å².